The highest BCUT2D eigenvalue weighted by Crippen LogP contribution is 2.25. The Labute approximate surface area is 144 Å². The van der Waals surface area contributed by atoms with Crippen molar-refractivity contribution in [2.75, 3.05) is 0 Å². The van der Waals surface area contributed by atoms with Gasteiger partial charge in [-0.1, -0.05) is 0 Å². The molecule has 0 unspecified atom stereocenters. The van der Waals surface area contributed by atoms with E-state index in [1.165, 1.54) is 25.3 Å². The smallest absolute Gasteiger partial charge is 0.321 e. The third-order valence-corrected chi connectivity index (χ3v) is 3.31. The van der Waals surface area contributed by atoms with Gasteiger partial charge in [-0.3, -0.25) is 14.9 Å². The van der Waals surface area contributed by atoms with E-state index in [4.69, 9.17) is 9.15 Å². The van der Waals surface area contributed by atoms with Gasteiger partial charge in [-0.25, -0.2) is 4.79 Å². The maximum Gasteiger partial charge on any atom is 0.321 e. The van der Waals surface area contributed by atoms with Crippen molar-refractivity contribution in [3.8, 4) is 5.75 Å². The summed E-state index contributed by atoms with van der Waals surface area (Å²) < 4.78 is 10.3. The molecule has 0 aliphatic heterocycles. The summed E-state index contributed by atoms with van der Waals surface area (Å²) in [6.45, 7) is 4.88. The third-order valence-electron chi connectivity index (χ3n) is 3.31. The van der Waals surface area contributed by atoms with E-state index in [0.29, 0.717) is 16.5 Å². The molecule has 0 aliphatic rings. The number of phenolic OH excluding ortho intramolecular Hbond substituents is 1. The molecular formula is C17H20N2O6. The Morgan fingerprint density at radius 2 is 1.96 bits per heavy atom. The molecule has 0 spiro atoms. The lowest BCUT2D eigenvalue weighted by molar-refractivity contribution is -0.153. The van der Waals surface area contributed by atoms with Crippen molar-refractivity contribution in [2.45, 2.75) is 39.3 Å². The molecule has 3 amide bonds. The molecule has 0 fully saturated rings. The maximum absolute atomic E-state index is 12.0. The number of amides is 3. The monoisotopic (exact) mass is 348 g/mol. The molecular weight excluding hydrogens is 328 g/mol. The van der Waals surface area contributed by atoms with Crippen LogP contribution in [-0.2, 0) is 20.7 Å². The number of rotatable bonds is 5. The molecule has 8 nitrogen and oxygen atoms in total. The molecule has 2 rings (SSSR count). The van der Waals surface area contributed by atoms with Gasteiger partial charge in [0.1, 0.15) is 11.3 Å². The van der Waals surface area contributed by atoms with Crippen LogP contribution in [0.25, 0.3) is 11.0 Å². The van der Waals surface area contributed by atoms with Gasteiger partial charge in [0.05, 0.1) is 12.7 Å². The number of hydrogen-bond donors (Lipinski definition) is 3. The second kappa shape index (κ2) is 7.69. The Bertz CT molecular complexity index is 796. The number of carbonyl (C=O) groups is 3. The molecule has 25 heavy (non-hydrogen) atoms. The quantitative estimate of drug-likeness (QED) is 0.710. The van der Waals surface area contributed by atoms with Crippen LogP contribution in [0.4, 0.5) is 4.79 Å². The van der Waals surface area contributed by atoms with Crippen molar-refractivity contribution < 1.29 is 28.6 Å². The fourth-order valence-electron chi connectivity index (χ4n) is 2.17. The van der Waals surface area contributed by atoms with Crippen LogP contribution >= 0.6 is 0 Å². The molecule has 1 atom stereocenters. The van der Waals surface area contributed by atoms with Crippen LogP contribution < -0.4 is 10.6 Å². The number of hydrogen-bond acceptors (Lipinski definition) is 6. The fraction of sp³-hybridized carbons (Fsp3) is 0.353. The fourth-order valence-corrected chi connectivity index (χ4v) is 2.17. The van der Waals surface area contributed by atoms with Crippen molar-refractivity contribution >= 4 is 28.9 Å². The number of benzene rings is 1. The van der Waals surface area contributed by atoms with Crippen LogP contribution in [0.15, 0.2) is 28.9 Å². The minimum atomic E-state index is -1.12. The second-order valence-corrected chi connectivity index (χ2v) is 5.87. The van der Waals surface area contributed by atoms with Gasteiger partial charge in [0.15, 0.2) is 6.10 Å². The standard InChI is InChI=1S/C17H20N2O6/c1-9(2)18-17(23)19-16(22)10(3)25-15(21)6-11-8-24-14-7-12(20)4-5-13(11)14/h4-5,7-10,20H,6H2,1-3H3,(H2,18,19,22,23)/t10-/m1/s1. The summed E-state index contributed by atoms with van der Waals surface area (Å²) in [5.74, 6) is -1.29. The number of carbonyl (C=O) groups excluding carboxylic acids is 3. The van der Waals surface area contributed by atoms with Crippen molar-refractivity contribution in [3.05, 3.63) is 30.0 Å². The van der Waals surface area contributed by atoms with E-state index in [1.807, 2.05) is 0 Å². The third kappa shape index (κ3) is 4.97. The van der Waals surface area contributed by atoms with Crippen LogP contribution in [0, 0.1) is 0 Å². The van der Waals surface area contributed by atoms with E-state index in [1.54, 1.807) is 19.9 Å². The number of nitrogens with one attached hydrogen (secondary N) is 2. The predicted octanol–water partition coefficient (Wildman–Crippen LogP) is 1.85. The average molecular weight is 348 g/mol. The van der Waals surface area contributed by atoms with Gasteiger partial charge in [0.25, 0.3) is 5.91 Å². The zero-order chi connectivity index (χ0) is 18.6. The van der Waals surface area contributed by atoms with E-state index < -0.39 is 24.0 Å². The molecule has 1 heterocycles. The summed E-state index contributed by atoms with van der Waals surface area (Å²) >= 11 is 0. The summed E-state index contributed by atoms with van der Waals surface area (Å²) in [4.78, 5) is 35.3. The number of esters is 1. The van der Waals surface area contributed by atoms with E-state index >= 15 is 0 Å². The zero-order valence-corrected chi connectivity index (χ0v) is 14.2. The number of furan rings is 1. The van der Waals surface area contributed by atoms with E-state index in [2.05, 4.69) is 10.6 Å². The molecule has 0 bridgehead atoms. The largest absolute Gasteiger partial charge is 0.508 e. The molecule has 1 aromatic heterocycles. The summed E-state index contributed by atoms with van der Waals surface area (Å²) in [7, 11) is 0. The number of urea groups is 1. The number of ether oxygens (including phenoxy) is 1. The van der Waals surface area contributed by atoms with E-state index in [-0.39, 0.29) is 18.2 Å². The van der Waals surface area contributed by atoms with Crippen LogP contribution in [0.1, 0.15) is 26.3 Å². The number of phenols is 1. The Morgan fingerprint density at radius 3 is 2.64 bits per heavy atom. The van der Waals surface area contributed by atoms with Crippen molar-refractivity contribution in [2.24, 2.45) is 0 Å². The van der Waals surface area contributed by atoms with Crippen LogP contribution in [0.3, 0.4) is 0 Å². The van der Waals surface area contributed by atoms with Gasteiger partial charge in [-0.05, 0) is 32.9 Å². The molecule has 3 N–H and O–H groups in total. The molecule has 1 aromatic carbocycles. The Hall–Kier alpha value is -3.03. The first-order valence-electron chi connectivity index (χ1n) is 7.76. The molecule has 0 saturated carbocycles. The van der Waals surface area contributed by atoms with Crippen LogP contribution in [-0.4, -0.2) is 35.2 Å². The van der Waals surface area contributed by atoms with E-state index in [0.717, 1.165) is 0 Å². The highest BCUT2D eigenvalue weighted by atomic mass is 16.5. The molecule has 2 aromatic rings. The number of fused-ring (bicyclic) bond motifs is 1. The lowest BCUT2D eigenvalue weighted by Crippen LogP contribution is -2.46. The van der Waals surface area contributed by atoms with E-state index in [9.17, 15) is 19.5 Å². The minimum absolute atomic E-state index is 0.0564. The lowest BCUT2D eigenvalue weighted by atomic mass is 10.1. The SMILES string of the molecule is CC(C)NC(=O)NC(=O)[C@@H](C)OC(=O)Cc1coc2cc(O)ccc12. The number of aromatic hydroxyl groups is 1. The Balaban J connectivity index is 1.92. The topological polar surface area (TPSA) is 118 Å². The molecule has 8 heteroatoms. The molecule has 134 valence electrons. The summed E-state index contributed by atoms with van der Waals surface area (Å²) in [6, 6.07) is 3.77. The van der Waals surface area contributed by atoms with Gasteiger partial charge in [-0.15, -0.1) is 0 Å². The molecule has 0 radical (unpaired) electrons. The first kappa shape index (κ1) is 18.3. The van der Waals surface area contributed by atoms with Gasteiger partial charge < -0.3 is 19.6 Å². The molecule has 0 aliphatic carbocycles. The minimum Gasteiger partial charge on any atom is -0.508 e. The summed E-state index contributed by atoms with van der Waals surface area (Å²) in [5.41, 5.74) is 1.02. The Morgan fingerprint density at radius 1 is 1.24 bits per heavy atom. The van der Waals surface area contributed by atoms with Gasteiger partial charge in [0, 0.05) is 23.1 Å². The first-order valence-corrected chi connectivity index (χ1v) is 7.76. The lowest BCUT2D eigenvalue weighted by Gasteiger charge is -2.14. The first-order chi connectivity index (χ1) is 11.8. The summed E-state index contributed by atoms with van der Waals surface area (Å²) in [6.07, 6.45) is 0.173. The number of imide groups is 1. The van der Waals surface area contributed by atoms with Gasteiger partial charge >= 0.3 is 12.0 Å². The zero-order valence-electron chi connectivity index (χ0n) is 14.2. The van der Waals surface area contributed by atoms with Gasteiger partial charge in [0.2, 0.25) is 0 Å². The highest BCUT2D eigenvalue weighted by molar-refractivity contribution is 5.97. The Kier molecular flexibility index (Phi) is 5.63. The second-order valence-electron chi connectivity index (χ2n) is 5.87. The van der Waals surface area contributed by atoms with Crippen molar-refractivity contribution in [3.63, 3.8) is 0 Å². The average Bonchev–Trinajstić information content (AvgIpc) is 2.88. The van der Waals surface area contributed by atoms with Crippen LogP contribution in [0.5, 0.6) is 5.75 Å². The normalized spacial score (nSPS) is 12.0. The highest BCUT2D eigenvalue weighted by Gasteiger charge is 2.21. The predicted molar refractivity (Wildman–Crippen MR) is 88.9 cm³/mol. The molecule has 0 saturated heterocycles. The van der Waals surface area contributed by atoms with Gasteiger partial charge in [-0.2, -0.15) is 0 Å². The van der Waals surface area contributed by atoms with Crippen molar-refractivity contribution in [1.29, 1.82) is 0 Å². The maximum atomic E-state index is 12.0. The van der Waals surface area contributed by atoms with Crippen molar-refractivity contribution in [1.82, 2.24) is 10.6 Å². The van der Waals surface area contributed by atoms with Crippen LogP contribution in [0.2, 0.25) is 0 Å². The summed E-state index contributed by atoms with van der Waals surface area (Å²) in [5, 5.41) is 14.7.